The molecule has 0 aromatic heterocycles. The Morgan fingerprint density at radius 2 is 1.71 bits per heavy atom. The van der Waals surface area contributed by atoms with E-state index in [9.17, 15) is 4.79 Å². The molecule has 0 aliphatic carbocycles. The van der Waals surface area contributed by atoms with E-state index in [1.54, 1.807) is 19.1 Å². The summed E-state index contributed by atoms with van der Waals surface area (Å²) >= 11 is 11.7. The lowest BCUT2D eigenvalue weighted by molar-refractivity contribution is 0.0991. The average molecular weight is 231 g/mol. The van der Waals surface area contributed by atoms with Gasteiger partial charge in [-0.2, -0.15) is 0 Å². The lowest BCUT2D eigenvalue weighted by Gasteiger charge is -2.07. The molecule has 76 valence electrons. The smallest absolute Gasteiger partial charge is 0.180 e. The fourth-order valence-corrected chi connectivity index (χ4v) is 1.55. The van der Waals surface area contributed by atoms with E-state index in [4.69, 9.17) is 23.2 Å². The van der Waals surface area contributed by atoms with Crippen molar-refractivity contribution < 1.29 is 4.79 Å². The lowest BCUT2D eigenvalue weighted by Crippen LogP contribution is -2.11. The van der Waals surface area contributed by atoms with Gasteiger partial charge in [0.15, 0.2) is 5.78 Å². The van der Waals surface area contributed by atoms with Crippen LogP contribution < -0.4 is 0 Å². The molecule has 0 aliphatic rings. The standard InChI is InChI=1S/C11H12Cl2O/c1-6-4-9(11(14)8(3)12)5-7(2)10(6)13/h4-5,8H,1-3H3. The first-order valence-electron chi connectivity index (χ1n) is 4.38. The molecule has 1 aromatic carbocycles. The van der Waals surface area contributed by atoms with Gasteiger partial charge in [-0.1, -0.05) is 11.6 Å². The van der Waals surface area contributed by atoms with Crippen molar-refractivity contribution in [1.82, 2.24) is 0 Å². The Morgan fingerprint density at radius 3 is 2.07 bits per heavy atom. The number of alkyl halides is 1. The fourth-order valence-electron chi connectivity index (χ4n) is 1.32. The second-order valence-corrected chi connectivity index (χ2v) is 4.44. The molecular formula is C11H12Cl2O. The molecule has 0 heterocycles. The molecule has 0 saturated carbocycles. The number of carbonyl (C=O) groups excluding carboxylic acids is 1. The molecule has 0 saturated heterocycles. The Hall–Kier alpha value is -0.530. The van der Waals surface area contributed by atoms with E-state index < -0.39 is 5.38 Å². The van der Waals surface area contributed by atoms with Gasteiger partial charge in [-0.3, -0.25) is 4.79 Å². The quantitative estimate of drug-likeness (QED) is 0.559. The summed E-state index contributed by atoms with van der Waals surface area (Å²) < 4.78 is 0. The predicted octanol–water partition coefficient (Wildman–Crippen LogP) is 3.77. The Kier molecular flexibility index (Phi) is 3.57. The Morgan fingerprint density at radius 1 is 1.29 bits per heavy atom. The minimum absolute atomic E-state index is 0.0606. The molecule has 0 radical (unpaired) electrons. The van der Waals surface area contributed by atoms with Gasteiger partial charge < -0.3 is 0 Å². The topological polar surface area (TPSA) is 17.1 Å². The average Bonchev–Trinajstić information content (AvgIpc) is 2.12. The molecule has 1 aromatic rings. The van der Waals surface area contributed by atoms with Crippen molar-refractivity contribution in [2.75, 3.05) is 0 Å². The molecule has 1 unspecified atom stereocenters. The molecule has 3 heteroatoms. The summed E-state index contributed by atoms with van der Waals surface area (Å²) in [4.78, 5) is 11.6. The molecule has 0 fully saturated rings. The normalized spacial score (nSPS) is 12.6. The number of ketones is 1. The van der Waals surface area contributed by atoms with Gasteiger partial charge in [-0.05, 0) is 44.0 Å². The van der Waals surface area contributed by atoms with Gasteiger partial charge in [0.25, 0.3) is 0 Å². The maximum absolute atomic E-state index is 11.6. The lowest BCUT2D eigenvalue weighted by atomic mass is 10.0. The van der Waals surface area contributed by atoms with Crippen molar-refractivity contribution in [3.05, 3.63) is 33.8 Å². The predicted molar refractivity (Wildman–Crippen MR) is 60.6 cm³/mol. The minimum Gasteiger partial charge on any atom is -0.293 e. The first-order valence-corrected chi connectivity index (χ1v) is 5.20. The summed E-state index contributed by atoms with van der Waals surface area (Å²) in [6.07, 6.45) is 0. The van der Waals surface area contributed by atoms with Gasteiger partial charge in [0.1, 0.15) is 0 Å². The fraction of sp³-hybridized carbons (Fsp3) is 0.364. The Balaban J connectivity index is 3.19. The van der Waals surface area contributed by atoms with Crippen molar-refractivity contribution in [3.8, 4) is 0 Å². The van der Waals surface area contributed by atoms with Crippen LogP contribution in [-0.4, -0.2) is 11.2 Å². The first kappa shape index (κ1) is 11.5. The van der Waals surface area contributed by atoms with E-state index in [-0.39, 0.29) is 5.78 Å². The highest BCUT2D eigenvalue weighted by atomic mass is 35.5. The van der Waals surface area contributed by atoms with E-state index >= 15 is 0 Å². The largest absolute Gasteiger partial charge is 0.293 e. The summed E-state index contributed by atoms with van der Waals surface area (Å²) in [6.45, 7) is 5.43. The second-order valence-electron chi connectivity index (χ2n) is 3.40. The summed E-state index contributed by atoms with van der Waals surface area (Å²) in [5, 5.41) is 0.221. The van der Waals surface area contributed by atoms with Gasteiger partial charge in [-0.25, -0.2) is 0 Å². The van der Waals surface area contributed by atoms with Crippen LogP contribution in [0, 0.1) is 13.8 Å². The van der Waals surface area contributed by atoms with Gasteiger partial charge in [-0.15, -0.1) is 11.6 Å². The molecule has 0 N–H and O–H groups in total. The molecule has 0 aliphatic heterocycles. The number of aryl methyl sites for hydroxylation is 2. The minimum atomic E-state index is -0.491. The maximum Gasteiger partial charge on any atom is 0.180 e. The molecule has 0 spiro atoms. The first-order chi connectivity index (χ1) is 6.43. The van der Waals surface area contributed by atoms with E-state index in [2.05, 4.69) is 0 Å². The van der Waals surface area contributed by atoms with Crippen molar-refractivity contribution in [2.24, 2.45) is 0 Å². The van der Waals surface area contributed by atoms with Crippen molar-refractivity contribution in [2.45, 2.75) is 26.1 Å². The van der Waals surface area contributed by atoms with Crippen LogP contribution >= 0.6 is 23.2 Å². The number of Topliss-reactive ketones (excluding diaryl/α,β-unsaturated/α-hetero) is 1. The van der Waals surface area contributed by atoms with Crippen LogP contribution in [0.25, 0.3) is 0 Å². The van der Waals surface area contributed by atoms with Crippen LogP contribution in [-0.2, 0) is 0 Å². The zero-order chi connectivity index (χ0) is 10.9. The molecule has 0 bridgehead atoms. The molecule has 1 rings (SSSR count). The van der Waals surface area contributed by atoms with Gasteiger partial charge in [0.05, 0.1) is 5.38 Å². The van der Waals surface area contributed by atoms with Gasteiger partial charge in [0, 0.05) is 10.6 Å². The third-order valence-corrected chi connectivity index (χ3v) is 2.88. The number of hydrogen-bond donors (Lipinski definition) is 0. The SMILES string of the molecule is Cc1cc(C(=O)C(C)Cl)cc(C)c1Cl. The number of halogens is 2. The summed E-state index contributed by atoms with van der Waals surface area (Å²) in [5.41, 5.74) is 2.45. The highest BCUT2D eigenvalue weighted by Gasteiger charge is 2.14. The highest BCUT2D eigenvalue weighted by molar-refractivity contribution is 6.34. The Bertz CT molecular complexity index is 347. The zero-order valence-corrected chi connectivity index (χ0v) is 9.91. The number of rotatable bonds is 2. The molecule has 0 amide bonds. The van der Waals surface area contributed by atoms with Crippen LogP contribution in [0.3, 0.4) is 0 Å². The van der Waals surface area contributed by atoms with Crippen LogP contribution in [0.15, 0.2) is 12.1 Å². The van der Waals surface area contributed by atoms with E-state index in [1.807, 2.05) is 13.8 Å². The molecule has 14 heavy (non-hydrogen) atoms. The van der Waals surface area contributed by atoms with E-state index in [0.717, 1.165) is 11.1 Å². The van der Waals surface area contributed by atoms with E-state index in [0.29, 0.717) is 10.6 Å². The number of carbonyl (C=O) groups is 1. The molecule has 1 nitrogen and oxygen atoms in total. The van der Waals surface area contributed by atoms with Crippen LogP contribution in [0.1, 0.15) is 28.4 Å². The van der Waals surface area contributed by atoms with E-state index in [1.165, 1.54) is 0 Å². The van der Waals surface area contributed by atoms with Crippen molar-refractivity contribution in [1.29, 1.82) is 0 Å². The van der Waals surface area contributed by atoms with Crippen molar-refractivity contribution >= 4 is 29.0 Å². The molecule has 1 atom stereocenters. The van der Waals surface area contributed by atoms with Crippen LogP contribution in [0.4, 0.5) is 0 Å². The summed E-state index contributed by atoms with van der Waals surface area (Å²) in [7, 11) is 0. The highest BCUT2D eigenvalue weighted by Crippen LogP contribution is 2.23. The van der Waals surface area contributed by atoms with Gasteiger partial charge in [0.2, 0.25) is 0 Å². The second kappa shape index (κ2) is 4.33. The zero-order valence-electron chi connectivity index (χ0n) is 8.40. The third-order valence-electron chi connectivity index (χ3n) is 2.08. The monoisotopic (exact) mass is 230 g/mol. The summed E-state index contributed by atoms with van der Waals surface area (Å²) in [5.74, 6) is -0.0606. The molecular weight excluding hydrogens is 219 g/mol. The van der Waals surface area contributed by atoms with Gasteiger partial charge >= 0.3 is 0 Å². The third kappa shape index (κ3) is 2.28. The Labute approximate surface area is 94.0 Å². The summed E-state index contributed by atoms with van der Waals surface area (Å²) in [6, 6.07) is 3.55. The maximum atomic E-state index is 11.6. The van der Waals surface area contributed by atoms with Crippen LogP contribution in [0.2, 0.25) is 5.02 Å². The van der Waals surface area contributed by atoms with Crippen LogP contribution in [0.5, 0.6) is 0 Å². The number of hydrogen-bond acceptors (Lipinski definition) is 1. The van der Waals surface area contributed by atoms with Crippen molar-refractivity contribution in [3.63, 3.8) is 0 Å². The number of benzene rings is 1.